The predicted octanol–water partition coefficient (Wildman–Crippen LogP) is 3.22. The average molecular weight is 254 g/mol. The van der Waals surface area contributed by atoms with Gasteiger partial charge in [0.15, 0.2) is 0 Å². The first-order valence-corrected chi connectivity index (χ1v) is 6.82. The van der Waals surface area contributed by atoms with Gasteiger partial charge in [-0.05, 0) is 59.3 Å². The summed E-state index contributed by atoms with van der Waals surface area (Å²) < 4.78 is 5.32. The van der Waals surface area contributed by atoms with Crippen LogP contribution in [0.2, 0.25) is 0 Å². The molecule has 0 heterocycles. The van der Waals surface area contributed by atoms with E-state index in [1.807, 2.05) is 39.8 Å². The van der Waals surface area contributed by atoms with Crippen molar-refractivity contribution in [3.05, 3.63) is 12.2 Å². The van der Waals surface area contributed by atoms with Crippen LogP contribution in [0.1, 0.15) is 59.8 Å². The Morgan fingerprint density at radius 1 is 1.39 bits per heavy atom. The van der Waals surface area contributed by atoms with E-state index in [-0.39, 0.29) is 5.97 Å². The molecule has 0 aromatic heterocycles. The normalized spacial score (nSPS) is 29.5. The summed E-state index contributed by atoms with van der Waals surface area (Å²) in [5.74, 6) is 0.231. The summed E-state index contributed by atoms with van der Waals surface area (Å²) in [7, 11) is 0. The molecule has 0 spiro atoms. The topological polar surface area (TPSA) is 46.5 Å². The van der Waals surface area contributed by atoms with Gasteiger partial charge in [0.25, 0.3) is 0 Å². The Morgan fingerprint density at radius 3 is 2.39 bits per heavy atom. The van der Waals surface area contributed by atoms with Gasteiger partial charge in [-0.2, -0.15) is 0 Å². The van der Waals surface area contributed by atoms with Crippen molar-refractivity contribution in [3.8, 4) is 0 Å². The number of hydrogen-bond acceptors (Lipinski definition) is 3. The molecule has 0 aromatic carbocycles. The Morgan fingerprint density at radius 2 is 1.94 bits per heavy atom. The Kier molecular flexibility index (Phi) is 4.97. The van der Waals surface area contributed by atoms with Gasteiger partial charge in [-0.15, -0.1) is 0 Å². The maximum absolute atomic E-state index is 11.7. The molecule has 1 saturated carbocycles. The van der Waals surface area contributed by atoms with Crippen molar-refractivity contribution in [1.82, 2.24) is 0 Å². The van der Waals surface area contributed by atoms with Crippen LogP contribution >= 0.6 is 0 Å². The van der Waals surface area contributed by atoms with E-state index in [1.165, 1.54) is 0 Å². The van der Waals surface area contributed by atoms with Gasteiger partial charge in [0.2, 0.25) is 0 Å². The van der Waals surface area contributed by atoms with Crippen molar-refractivity contribution in [2.24, 2.45) is 5.92 Å². The molecule has 0 saturated heterocycles. The largest absolute Gasteiger partial charge is 0.460 e. The van der Waals surface area contributed by atoms with Crippen LogP contribution in [0.15, 0.2) is 12.2 Å². The van der Waals surface area contributed by atoms with Gasteiger partial charge < -0.3 is 9.84 Å². The zero-order valence-corrected chi connectivity index (χ0v) is 12.0. The van der Waals surface area contributed by atoms with E-state index in [9.17, 15) is 9.90 Å². The minimum absolute atomic E-state index is 0.121. The number of aliphatic hydroxyl groups is 1. The second-order valence-electron chi connectivity index (χ2n) is 6.34. The van der Waals surface area contributed by atoms with E-state index in [1.54, 1.807) is 0 Å². The van der Waals surface area contributed by atoms with Crippen molar-refractivity contribution in [2.75, 3.05) is 0 Å². The van der Waals surface area contributed by atoms with Crippen LogP contribution in [-0.4, -0.2) is 22.3 Å². The molecule has 1 fully saturated rings. The number of carbonyl (C=O) groups excluding carboxylic acids is 1. The molecule has 0 radical (unpaired) electrons. The lowest BCUT2D eigenvalue weighted by Crippen LogP contribution is -2.33. The molecule has 1 aliphatic carbocycles. The van der Waals surface area contributed by atoms with Gasteiger partial charge in [-0.25, -0.2) is 0 Å². The third-order valence-electron chi connectivity index (χ3n) is 3.32. The zero-order valence-electron chi connectivity index (χ0n) is 12.0. The summed E-state index contributed by atoms with van der Waals surface area (Å²) in [6.45, 7) is 7.58. The minimum Gasteiger partial charge on any atom is -0.460 e. The summed E-state index contributed by atoms with van der Waals surface area (Å²) in [6, 6.07) is 0. The van der Waals surface area contributed by atoms with Crippen molar-refractivity contribution in [3.63, 3.8) is 0 Å². The molecule has 0 aliphatic heterocycles. The van der Waals surface area contributed by atoms with Gasteiger partial charge in [-0.3, -0.25) is 4.79 Å². The molecule has 18 heavy (non-hydrogen) atoms. The fourth-order valence-electron chi connectivity index (χ4n) is 2.48. The van der Waals surface area contributed by atoms with Crippen molar-refractivity contribution in [2.45, 2.75) is 71.0 Å². The van der Waals surface area contributed by atoms with E-state index in [4.69, 9.17) is 4.74 Å². The predicted molar refractivity (Wildman–Crippen MR) is 72.2 cm³/mol. The van der Waals surface area contributed by atoms with Gasteiger partial charge in [-0.1, -0.05) is 12.2 Å². The second kappa shape index (κ2) is 5.87. The second-order valence-corrected chi connectivity index (χ2v) is 6.34. The SMILES string of the molecule is C/C=C/C1(O)CCC(CC(=O)OC(C)(C)C)CC1. The monoisotopic (exact) mass is 254 g/mol. The molecule has 0 aromatic rings. The van der Waals surface area contributed by atoms with Crippen molar-refractivity contribution < 1.29 is 14.6 Å². The van der Waals surface area contributed by atoms with Gasteiger partial charge >= 0.3 is 5.97 Å². The van der Waals surface area contributed by atoms with Crippen LogP contribution in [-0.2, 0) is 9.53 Å². The smallest absolute Gasteiger partial charge is 0.306 e. The van der Waals surface area contributed by atoms with Crippen LogP contribution in [0.5, 0.6) is 0 Å². The molecular formula is C15H26O3. The summed E-state index contributed by atoms with van der Waals surface area (Å²) in [5, 5.41) is 10.2. The number of allylic oxidation sites excluding steroid dienone is 1. The highest BCUT2D eigenvalue weighted by Gasteiger charge is 2.32. The van der Waals surface area contributed by atoms with Gasteiger partial charge in [0.05, 0.1) is 5.60 Å². The number of carbonyl (C=O) groups is 1. The third kappa shape index (κ3) is 5.21. The van der Waals surface area contributed by atoms with E-state index < -0.39 is 11.2 Å². The maximum Gasteiger partial charge on any atom is 0.306 e. The van der Waals surface area contributed by atoms with Crippen LogP contribution in [0.4, 0.5) is 0 Å². The Labute approximate surface area is 110 Å². The highest BCUT2D eigenvalue weighted by molar-refractivity contribution is 5.70. The molecule has 1 aliphatic rings. The van der Waals surface area contributed by atoms with Crippen LogP contribution in [0, 0.1) is 5.92 Å². The molecular weight excluding hydrogens is 228 g/mol. The molecule has 0 atom stereocenters. The highest BCUT2D eigenvalue weighted by atomic mass is 16.6. The minimum atomic E-state index is -0.654. The molecule has 3 heteroatoms. The maximum atomic E-state index is 11.7. The standard InChI is InChI=1S/C15H26O3/c1-5-8-15(17)9-6-12(7-10-15)11-13(16)18-14(2,3)4/h5,8,12,17H,6-7,9-11H2,1-4H3/b8-5+. The van der Waals surface area contributed by atoms with E-state index in [0.717, 1.165) is 25.7 Å². The molecule has 0 bridgehead atoms. The molecule has 1 N–H and O–H groups in total. The first-order chi connectivity index (χ1) is 8.24. The van der Waals surface area contributed by atoms with Gasteiger partial charge in [0, 0.05) is 6.42 Å². The van der Waals surface area contributed by atoms with Crippen LogP contribution in [0.3, 0.4) is 0 Å². The molecule has 0 amide bonds. The van der Waals surface area contributed by atoms with Crippen LogP contribution < -0.4 is 0 Å². The lowest BCUT2D eigenvalue weighted by molar-refractivity contribution is -0.156. The Bertz CT molecular complexity index is 304. The lowest BCUT2D eigenvalue weighted by Gasteiger charge is -2.33. The number of esters is 1. The first kappa shape index (κ1) is 15.2. The first-order valence-electron chi connectivity index (χ1n) is 6.82. The van der Waals surface area contributed by atoms with Crippen LogP contribution in [0.25, 0.3) is 0 Å². The van der Waals surface area contributed by atoms with E-state index >= 15 is 0 Å². The summed E-state index contributed by atoms with van der Waals surface area (Å²) in [5.41, 5.74) is -1.06. The highest BCUT2D eigenvalue weighted by Crippen LogP contribution is 2.35. The molecule has 1 rings (SSSR count). The van der Waals surface area contributed by atoms with Crippen molar-refractivity contribution >= 4 is 5.97 Å². The Hall–Kier alpha value is -0.830. The molecule has 104 valence electrons. The summed E-state index contributed by atoms with van der Waals surface area (Å²) >= 11 is 0. The van der Waals surface area contributed by atoms with E-state index in [2.05, 4.69) is 0 Å². The van der Waals surface area contributed by atoms with E-state index in [0.29, 0.717) is 12.3 Å². The molecule has 0 unspecified atom stereocenters. The fourth-order valence-corrected chi connectivity index (χ4v) is 2.48. The zero-order chi connectivity index (χ0) is 13.8. The summed E-state index contributed by atoms with van der Waals surface area (Å²) in [4.78, 5) is 11.7. The number of rotatable bonds is 3. The Balaban J connectivity index is 2.38. The molecule has 3 nitrogen and oxygen atoms in total. The quantitative estimate of drug-likeness (QED) is 0.621. The number of ether oxygens (including phenoxy) is 1. The number of hydrogen-bond donors (Lipinski definition) is 1. The van der Waals surface area contributed by atoms with Gasteiger partial charge in [0.1, 0.15) is 5.60 Å². The average Bonchev–Trinajstić information content (AvgIpc) is 2.19. The third-order valence-corrected chi connectivity index (χ3v) is 3.32. The fraction of sp³-hybridized carbons (Fsp3) is 0.800. The lowest BCUT2D eigenvalue weighted by atomic mass is 9.77. The summed E-state index contributed by atoms with van der Waals surface area (Å²) in [6.07, 6.45) is 7.50. The van der Waals surface area contributed by atoms with Crippen molar-refractivity contribution in [1.29, 1.82) is 0 Å².